The van der Waals surface area contributed by atoms with E-state index in [1.54, 1.807) is 12.1 Å². The van der Waals surface area contributed by atoms with Crippen LogP contribution in [0.1, 0.15) is 0 Å². The number of hydrogen-bond donors (Lipinski definition) is 1. The quantitative estimate of drug-likeness (QED) is 0.776. The second-order valence-corrected chi connectivity index (χ2v) is 4.59. The summed E-state index contributed by atoms with van der Waals surface area (Å²) in [4.78, 5) is 4.06. The van der Waals surface area contributed by atoms with Crippen molar-refractivity contribution in [1.82, 2.24) is 4.98 Å². The number of nitrogens with zero attached hydrogens (tertiary/aromatic N) is 1. The number of anilines is 1. The van der Waals surface area contributed by atoms with Gasteiger partial charge in [-0.15, -0.1) is 0 Å². The SMILES string of the molecule is Nc1nc(-c2ccc(Oc3ccc(Cl)cc3)cc2)co1. The van der Waals surface area contributed by atoms with Crippen LogP contribution < -0.4 is 10.5 Å². The molecule has 0 unspecified atom stereocenters. The van der Waals surface area contributed by atoms with Crippen molar-refractivity contribution in [2.75, 3.05) is 5.73 Å². The molecule has 0 saturated heterocycles. The van der Waals surface area contributed by atoms with Crippen molar-refractivity contribution in [2.45, 2.75) is 0 Å². The highest BCUT2D eigenvalue weighted by molar-refractivity contribution is 6.30. The molecule has 1 heterocycles. The average Bonchev–Trinajstić information content (AvgIpc) is 2.89. The van der Waals surface area contributed by atoms with Gasteiger partial charge in [-0.1, -0.05) is 11.6 Å². The standard InChI is InChI=1S/C15H11ClN2O2/c16-11-3-7-13(8-4-11)20-12-5-1-10(2-6-12)14-9-19-15(17)18-14/h1-9H,(H2,17,18). The number of rotatable bonds is 3. The molecule has 0 aliphatic rings. The Morgan fingerprint density at radius 1 is 0.950 bits per heavy atom. The van der Waals surface area contributed by atoms with E-state index in [0.717, 1.165) is 17.1 Å². The van der Waals surface area contributed by atoms with E-state index in [9.17, 15) is 0 Å². The lowest BCUT2D eigenvalue weighted by Crippen LogP contribution is -1.85. The van der Waals surface area contributed by atoms with Crippen LogP contribution in [0.25, 0.3) is 11.3 Å². The molecule has 0 aliphatic heterocycles. The second kappa shape index (κ2) is 5.27. The Morgan fingerprint density at radius 3 is 2.10 bits per heavy atom. The lowest BCUT2D eigenvalue weighted by molar-refractivity contribution is 0.483. The molecule has 0 saturated carbocycles. The van der Waals surface area contributed by atoms with E-state index < -0.39 is 0 Å². The number of benzene rings is 2. The van der Waals surface area contributed by atoms with Crippen LogP contribution in [-0.4, -0.2) is 4.98 Å². The van der Waals surface area contributed by atoms with Gasteiger partial charge in [-0.05, 0) is 48.5 Å². The first-order valence-electron chi connectivity index (χ1n) is 5.95. The van der Waals surface area contributed by atoms with E-state index >= 15 is 0 Å². The van der Waals surface area contributed by atoms with Crippen molar-refractivity contribution in [3.63, 3.8) is 0 Å². The monoisotopic (exact) mass is 286 g/mol. The Morgan fingerprint density at radius 2 is 1.55 bits per heavy atom. The summed E-state index contributed by atoms with van der Waals surface area (Å²) in [5, 5.41) is 0.677. The van der Waals surface area contributed by atoms with Crippen LogP contribution in [-0.2, 0) is 0 Å². The molecular weight excluding hydrogens is 276 g/mol. The van der Waals surface area contributed by atoms with Crippen molar-refractivity contribution in [3.8, 4) is 22.8 Å². The smallest absolute Gasteiger partial charge is 0.292 e. The molecule has 100 valence electrons. The van der Waals surface area contributed by atoms with Gasteiger partial charge in [-0.25, -0.2) is 0 Å². The van der Waals surface area contributed by atoms with E-state index in [0.29, 0.717) is 10.7 Å². The summed E-state index contributed by atoms with van der Waals surface area (Å²) in [5.41, 5.74) is 7.05. The number of halogens is 1. The van der Waals surface area contributed by atoms with Gasteiger partial charge >= 0.3 is 0 Å². The third-order valence-corrected chi connectivity index (χ3v) is 2.97. The van der Waals surface area contributed by atoms with Gasteiger partial charge in [0, 0.05) is 10.6 Å². The summed E-state index contributed by atoms with van der Waals surface area (Å²) in [6, 6.07) is 14.8. The molecule has 3 aromatic rings. The molecule has 5 heteroatoms. The van der Waals surface area contributed by atoms with Crippen molar-refractivity contribution in [3.05, 3.63) is 59.8 Å². The Balaban J connectivity index is 1.77. The zero-order chi connectivity index (χ0) is 13.9. The maximum atomic E-state index is 5.82. The minimum absolute atomic E-state index is 0.154. The van der Waals surface area contributed by atoms with Crippen LogP contribution >= 0.6 is 11.6 Å². The zero-order valence-corrected chi connectivity index (χ0v) is 11.2. The molecule has 20 heavy (non-hydrogen) atoms. The Hall–Kier alpha value is -2.46. The first-order valence-corrected chi connectivity index (χ1v) is 6.33. The van der Waals surface area contributed by atoms with Crippen LogP contribution in [0.2, 0.25) is 5.02 Å². The van der Waals surface area contributed by atoms with Gasteiger partial charge in [0.05, 0.1) is 0 Å². The van der Waals surface area contributed by atoms with Gasteiger partial charge in [0.2, 0.25) is 0 Å². The van der Waals surface area contributed by atoms with E-state index in [1.807, 2.05) is 36.4 Å². The summed E-state index contributed by atoms with van der Waals surface area (Å²) in [5.74, 6) is 1.46. The van der Waals surface area contributed by atoms with E-state index in [4.69, 9.17) is 26.5 Å². The minimum Gasteiger partial charge on any atom is -0.457 e. The molecule has 0 aliphatic carbocycles. The summed E-state index contributed by atoms with van der Waals surface area (Å²) in [7, 11) is 0. The maximum Gasteiger partial charge on any atom is 0.292 e. The molecular formula is C15H11ClN2O2. The average molecular weight is 287 g/mol. The fraction of sp³-hybridized carbons (Fsp3) is 0. The van der Waals surface area contributed by atoms with Gasteiger partial charge in [0.1, 0.15) is 23.5 Å². The third-order valence-electron chi connectivity index (χ3n) is 2.72. The molecule has 0 atom stereocenters. The largest absolute Gasteiger partial charge is 0.457 e. The topological polar surface area (TPSA) is 61.3 Å². The number of nitrogens with two attached hydrogens (primary N) is 1. The number of nitrogen functional groups attached to an aromatic ring is 1. The number of hydrogen-bond acceptors (Lipinski definition) is 4. The van der Waals surface area contributed by atoms with Crippen LogP contribution in [0.5, 0.6) is 11.5 Å². The molecule has 1 aromatic heterocycles. The lowest BCUT2D eigenvalue weighted by Gasteiger charge is -2.06. The molecule has 2 N–H and O–H groups in total. The predicted molar refractivity (Wildman–Crippen MR) is 77.9 cm³/mol. The highest BCUT2D eigenvalue weighted by atomic mass is 35.5. The Labute approximate surface area is 120 Å². The molecule has 0 radical (unpaired) electrons. The minimum atomic E-state index is 0.154. The van der Waals surface area contributed by atoms with Gasteiger partial charge in [0.25, 0.3) is 6.01 Å². The summed E-state index contributed by atoms with van der Waals surface area (Å²) in [6.45, 7) is 0. The molecule has 0 amide bonds. The van der Waals surface area contributed by atoms with Crippen LogP contribution in [0.3, 0.4) is 0 Å². The maximum absolute atomic E-state index is 5.82. The highest BCUT2D eigenvalue weighted by Crippen LogP contribution is 2.26. The molecule has 0 spiro atoms. The van der Waals surface area contributed by atoms with Crippen LogP contribution in [0, 0.1) is 0 Å². The number of aromatic nitrogens is 1. The lowest BCUT2D eigenvalue weighted by atomic mass is 10.2. The van der Waals surface area contributed by atoms with E-state index in [-0.39, 0.29) is 6.01 Å². The fourth-order valence-corrected chi connectivity index (χ4v) is 1.88. The first kappa shape index (κ1) is 12.6. The fourth-order valence-electron chi connectivity index (χ4n) is 1.75. The van der Waals surface area contributed by atoms with Gasteiger partial charge in [-0.3, -0.25) is 0 Å². The van der Waals surface area contributed by atoms with Crippen molar-refractivity contribution >= 4 is 17.6 Å². The molecule has 4 nitrogen and oxygen atoms in total. The van der Waals surface area contributed by atoms with Crippen molar-refractivity contribution < 1.29 is 9.15 Å². The number of ether oxygens (including phenoxy) is 1. The third kappa shape index (κ3) is 2.75. The van der Waals surface area contributed by atoms with Crippen molar-refractivity contribution in [2.24, 2.45) is 0 Å². The van der Waals surface area contributed by atoms with E-state index in [1.165, 1.54) is 6.26 Å². The van der Waals surface area contributed by atoms with Crippen LogP contribution in [0.4, 0.5) is 6.01 Å². The second-order valence-electron chi connectivity index (χ2n) is 4.15. The molecule has 0 fully saturated rings. The van der Waals surface area contributed by atoms with Crippen LogP contribution in [0.15, 0.2) is 59.2 Å². The Kier molecular flexibility index (Phi) is 3.31. The van der Waals surface area contributed by atoms with Crippen molar-refractivity contribution in [1.29, 1.82) is 0 Å². The normalized spacial score (nSPS) is 10.4. The van der Waals surface area contributed by atoms with E-state index in [2.05, 4.69) is 4.98 Å². The summed E-state index contributed by atoms with van der Waals surface area (Å²) < 4.78 is 10.7. The van der Waals surface area contributed by atoms with Gasteiger partial charge in [-0.2, -0.15) is 4.98 Å². The van der Waals surface area contributed by atoms with Gasteiger partial charge in [0.15, 0.2) is 0 Å². The first-order chi connectivity index (χ1) is 9.70. The molecule has 0 bridgehead atoms. The van der Waals surface area contributed by atoms with Gasteiger partial charge < -0.3 is 14.9 Å². The summed E-state index contributed by atoms with van der Waals surface area (Å²) in [6.07, 6.45) is 1.52. The predicted octanol–water partition coefficient (Wildman–Crippen LogP) is 4.37. The Bertz CT molecular complexity index is 705. The zero-order valence-electron chi connectivity index (χ0n) is 10.4. The number of oxazole rings is 1. The molecule has 3 rings (SSSR count). The highest BCUT2D eigenvalue weighted by Gasteiger charge is 2.04. The summed E-state index contributed by atoms with van der Waals surface area (Å²) >= 11 is 5.82. The molecule has 2 aromatic carbocycles.